The molecule has 3 amide bonds. The second-order valence-corrected chi connectivity index (χ2v) is 4.72. The van der Waals surface area contributed by atoms with Crippen molar-refractivity contribution < 1.29 is 9.59 Å². The summed E-state index contributed by atoms with van der Waals surface area (Å²) in [6.45, 7) is 0.778. The molecule has 0 radical (unpaired) electrons. The number of aromatic nitrogens is 1. The molecule has 1 aromatic rings. The number of hydrogen-bond acceptors (Lipinski definition) is 5. The van der Waals surface area contributed by atoms with Crippen molar-refractivity contribution in [2.45, 2.75) is 6.42 Å². The minimum atomic E-state index is -0.184. The standard InChI is InChI=1S/C10H17N5O2S/c1-15(2)10(17)13-4-3-12-8(16)5-7-6-18-9(11)14-7/h6H,3-5H2,1-2H3,(H2,11,14)(H,12,16)(H,13,17). The topological polar surface area (TPSA) is 100 Å². The van der Waals surface area contributed by atoms with Crippen LogP contribution in [-0.4, -0.2) is 49.0 Å². The van der Waals surface area contributed by atoms with Gasteiger partial charge in [-0.25, -0.2) is 9.78 Å². The van der Waals surface area contributed by atoms with E-state index in [4.69, 9.17) is 5.73 Å². The molecular weight excluding hydrogens is 254 g/mol. The maximum Gasteiger partial charge on any atom is 0.316 e. The van der Waals surface area contributed by atoms with E-state index in [-0.39, 0.29) is 18.4 Å². The summed E-state index contributed by atoms with van der Waals surface area (Å²) >= 11 is 1.31. The number of urea groups is 1. The number of hydrogen-bond donors (Lipinski definition) is 3. The molecule has 4 N–H and O–H groups in total. The van der Waals surface area contributed by atoms with E-state index in [2.05, 4.69) is 15.6 Å². The van der Waals surface area contributed by atoms with Gasteiger partial charge in [-0.3, -0.25) is 4.79 Å². The van der Waals surface area contributed by atoms with Crippen molar-refractivity contribution in [3.05, 3.63) is 11.1 Å². The Morgan fingerprint density at radius 3 is 2.61 bits per heavy atom. The van der Waals surface area contributed by atoms with Gasteiger partial charge in [0.1, 0.15) is 0 Å². The van der Waals surface area contributed by atoms with Gasteiger partial charge >= 0.3 is 6.03 Å². The van der Waals surface area contributed by atoms with E-state index in [1.54, 1.807) is 19.5 Å². The van der Waals surface area contributed by atoms with E-state index < -0.39 is 0 Å². The van der Waals surface area contributed by atoms with Crippen LogP contribution in [0, 0.1) is 0 Å². The van der Waals surface area contributed by atoms with Gasteiger partial charge in [0, 0.05) is 32.6 Å². The fourth-order valence-electron chi connectivity index (χ4n) is 1.16. The van der Waals surface area contributed by atoms with E-state index >= 15 is 0 Å². The summed E-state index contributed by atoms with van der Waals surface area (Å²) in [6, 6.07) is -0.184. The van der Waals surface area contributed by atoms with Crippen LogP contribution >= 0.6 is 11.3 Å². The maximum atomic E-state index is 11.5. The number of thiazole rings is 1. The van der Waals surface area contributed by atoms with Crippen molar-refractivity contribution >= 4 is 28.4 Å². The Morgan fingerprint density at radius 1 is 1.39 bits per heavy atom. The average molecular weight is 271 g/mol. The quantitative estimate of drug-likeness (QED) is 0.637. The molecule has 0 saturated heterocycles. The van der Waals surface area contributed by atoms with Crippen LogP contribution in [0.1, 0.15) is 5.69 Å². The number of rotatable bonds is 5. The van der Waals surface area contributed by atoms with Crippen LogP contribution in [0.3, 0.4) is 0 Å². The zero-order valence-corrected chi connectivity index (χ0v) is 11.2. The second-order valence-electron chi connectivity index (χ2n) is 3.83. The van der Waals surface area contributed by atoms with Gasteiger partial charge in [-0.1, -0.05) is 0 Å². The molecule has 0 bridgehead atoms. The average Bonchev–Trinajstić information content (AvgIpc) is 2.69. The molecule has 0 fully saturated rings. The fraction of sp³-hybridized carbons (Fsp3) is 0.500. The van der Waals surface area contributed by atoms with Crippen LogP contribution < -0.4 is 16.4 Å². The Kier molecular flexibility index (Phi) is 5.37. The summed E-state index contributed by atoms with van der Waals surface area (Å²) in [4.78, 5) is 28.1. The van der Waals surface area contributed by atoms with Crippen LogP contribution in [-0.2, 0) is 11.2 Å². The Balaban J connectivity index is 2.16. The number of carbonyl (C=O) groups is 2. The highest BCUT2D eigenvalue weighted by Gasteiger charge is 2.06. The van der Waals surface area contributed by atoms with Crippen LogP contribution in [0.25, 0.3) is 0 Å². The minimum absolute atomic E-state index is 0.139. The molecular formula is C10H17N5O2S. The zero-order valence-electron chi connectivity index (χ0n) is 10.4. The monoisotopic (exact) mass is 271 g/mol. The Morgan fingerprint density at radius 2 is 2.06 bits per heavy atom. The summed E-state index contributed by atoms with van der Waals surface area (Å²) in [6.07, 6.45) is 0.204. The molecule has 0 aliphatic carbocycles. The van der Waals surface area contributed by atoms with Crippen molar-refractivity contribution in [1.29, 1.82) is 0 Å². The highest BCUT2D eigenvalue weighted by atomic mass is 32.1. The maximum absolute atomic E-state index is 11.5. The predicted molar refractivity (Wildman–Crippen MR) is 70.3 cm³/mol. The lowest BCUT2D eigenvalue weighted by Crippen LogP contribution is -2.39. The van der Waals surface area contributed by atoms with Crippen LogP contribution in [0.15, 0.2) is 5.38 Å². The molecule has 0 aromatic carbocycles. The van der Waals surface area contributed by atoms with E-state index in [9.17, 15) is 9.59 Å². The largest absolute Gasteiger partial charge is 0.375 e. The van der Waals surface area contributed by atoms with Gasteiger partial charge in [0.25, 0.3) is 0 Å². The van der Waals surface area contributed by atoms with E-state index in [0.717, 1.165) is 0 Å². The minimum Gasteiger partial charge on any atom is -0.375 e. The SMILES string of the molecule is CN(C)C(=O)NCCNC(=O)Cc1csc(N)n1. The molecule has 1 aromatic heterocycles. The lowest BCUT2D eigenvalue weighted by atomic mass is 10.3. The molecule has 0 aliphatic rings. The first-order valence-electron chi connectivity index (χ1n) is 5.40. The van der Waals surface area contributed by atoms with Gasteiger partial charge < -0.3 is 21.3 Å². The van der Waals surface area contributed by atoms with Gasteiger partial charge in [0.2, 0.25) is 5.91 Å². The first-order chi connectivity index (χ1) is 8.49. The van der Waals surface area contributed by atoms with Crippen molar-refractivity contribution in [2.75, 3.05) is 32.9 Å². The molecule has 0 atom stereocenters. The Hall–Kier alpha value is -1.83. The molecule has 100 valence electrons. The number of amides is 3. The molecule has 8 heteroatoms. The highest BCUT2D eigenvalue weighted by Crippen LogP contribution is 2.10. The van der Waals surface area contributed by atoms with Gasteiger partial charge in [0.05, 0.1) is 12.1 Å². The number of nitrogens with two attached hydrogens (primary N) is 1. The normalized spacial score (nSPS) is 9.89. The van der Waals surface area contributed by atoms with Gasteiger partial charge in [0.15, 0.2) is 5.13 Å². The zero-order chi connectivity index (χ0) is 13.5. The molecule has 0 aliphatic heterocycles. The van der Waals surface area contributed by atoms with Crippen LogP contribution in [0.2, 0.25) is 0 Å². The molecule has 1 rings (SSSR count). The van der Waals surface area contributed by atoms with Crippen LogP contribution in [0.5, 0.6) is 0 Å². The van der Waals surface area contributed by atoms with Crippen LogP contribution in [0.4, 0.5) is 9.93 Å². The molecule has 0 saturated carbocycles. The lowest BCUT2D eigenvalue weighted by molar-refractivity contribution is -0.120. The molecule has 1 heterocycles. The number of anilines is 1. The summed E-state index contributed by atoms with van der Waals surface area (Å²) in [7, 11) is 3.31. The molecule has 18 heavy (non-hydrogen) atoms. The highest BCUT2D eigenvalue weighted by molar-refractivity contribution is 7.13. The summed E-state index contributed by atoms with van der Waals surface area (Å²) in [5, 5.41) is 7.54. The number of nitrogens with zero attached hydrogens (tertiary/aromatic N) is 2. The van der Waals surface area contributed by atoms with Gasteiger partial charge in [-0.2, -0.15) is 0 Å². The Labute approximate surface area is 109 Å². The molecule has 0 spiro atoms. The number of carbonyl (C=O) groups excluding carboxylic acids is 2. The first-order valence-corrected chi connectivity index (χ1v) is 6.28. The smallest absolute Gasteiger partial charge is 0.316 e. The van der Waals surface area contributed by atoms with Crippen molar-refractivity contribution in [1.82, 2.24) is 20.5 Å². The lowest BCUT2D eigenvalue weighted by Gasteiger charge is -2.12. The summed E-state index contributed by atoms with van der Waals surface area (Å²) in [5.41, 5.74) is 6.12. The molecule has 7 nitrogen and oxygen atoms in total. The summed E-state index contributed by atoms with van der Waals surface area (Å²) in [5.74, 6) is -0.139. The Bertz CT molecular complexity index is 418. The van der Waals surface area contributed by atoms with Gasteiger partial charge in [-0.15, -0.1) is 11.3 Å². The number of nitrogen functional groups attached to an aromatic ring is 1. The third kappa shape index (κ3) is 5.00. The molecule has 0 unspecified atom stereocenters. The van der Waals surface area contributed by atoms with Gasteiger partial charge in [-0.05, 0) is 0 Å². The third-order valence-corrected chi connectivity index (χ3v) is 2.76. The van der Waals surface area contributed by atoms with Crippen molar-refractivity contribution in [3.8, 4) is 0 Å². The number of nitrogens with one attached hydrogen (secondary N) is 2. The predicted octanol–water partition coefficient (Wildman–Crippen LogP) is -0.345. The first kappa shape index (κ1) is 14.2. The second kappa shape index (κ2) is 6.80. The third-order valence-electron chi connectivity index (χ3n) is 2.04. The fourth-order valence-corrected chi connectivity index (χ4v) is 1.72. The van der Waals surface area contributed by atoms with E-state index in [1.165, 1.54) is 16.2 Å². The van der Waals surface area contributed by atoms with E-state index in [0.29, 0.717) is 23.9 Å². The van der Waals surface area contributed by atoms with Crippen molar-refractivity contribution in [3.63, 3.8) is 0 Å². The summed E-state index contributed by atoms with van der Waals surface area (Å²) < 4.78 is 0. The van der Waals surface area contributed by atoms with E-state index in [1.807, 2.05) is 0 Å². The van der Waals surface area contributed by atoms with Crippen molar-refractivity contribution in [2.24, 2.45) is 0 Å².